The van der Waals surface area contributed by atoms with Crippen LogP contribution in [0.25, 0.3) is 0 Å². The Bertz CT molecular complexity index is 874. The second kappa shape index (κ2) is 6.98. The van der Waals surface area contributed by atoms with Crippen molar-refractivity contribution in [2.24, 2.45) is 5.73 Å². The Balaban J connectivity index is 2.15. The van der Waals surface area contributed by atoms with Gasteiger partial charge in [0.15, 0.2) is 21.5 Å². The number of carbonyl (C=O) groups excluding carboxylic acids is 3. The number of halogens is 2. The molecule has 142 valence electrons. The number of imide groups is 1. The number of nitrogens with one attached hydrogen (secondary N) is 1. The molecule has 2 rings (SSSR count). The van der Waals surface area contributed by atoms with Gasteiger partial charge in [0, 0.05) is 13.0 Å². The third kappa shape index (κ3) is 3.98. The molecule has 0 aliphatic carbocycles. The Morgan fingerprint density at radius 3 is 2.46 bits per heavy atom. The van der Waals surface area contributed by atoms with Crippen molar-refractivity contribution in [1.29, 1.82) is 0 Å². The van der Waals surface area contributed by atoms with E-state index in [1.54, 1.807) is 0 Å². The van der Waals surface area contributed by atoms with Crippen LogP contribution in [0.2, 0.25) is 0 Å². The number of hydrogen-bond acceptors (Lipinski definition) is 5. The van der Waals surface area contributed by atoms with E-state index in [1.807, 2.05) is 0 Å². The number of sulfone groups is 1. The maximum atomic E-state index is 13.4. The van der Waals surface area contributed by atoms with E-state index in [2.05, 4.69) is 5.32 Å². The van der Waals surface area contributed by atoms with Crippen molar-refractivity contribution in [3.63, 3.8) is 0 Å². The predicted molar refractivity (Wildman–Crippen MR) is 86.4 cm³/mol. The van der Waals surface area contributed by atoms with Gasteiger partial charge in [0.1, 0.15) is 5.54 Å². The van der Waals surface area contributed by atoms with Crippen molar-refractivity contribution in [3.05, 3.63) is 35.4 Å². The van der Waals surface area contributed by atoms with E-state index < -0.39 is 62.9 Å². The summed E-state index contributed by atoms with van der Waals surface area (Å²) in [7, 11) is -3.71. The number of nitrogens with zero attached hydrogens (tertiary/aromatic N) is 1. The first kappa shape index (κ1) is 19.8. The molecule has 0 spiro atoms. The highest BCUT2D eigenvalue weighted by Crippen LogP contribution is 2.29. The molecule has 4 amide bonds. The van der Waals surface area contributed by atoms with Crippen LogP contribution >= 0.6 is 0 Å². The molecule has 1 saturated heterocycles. The molecular weight excluding hydrogens is 372 g/mol. The number of carbonyl (C=O) groups is 3. The Labute approximate surface area is 148 Å². The maximum absolute atomic E-state index is 13.4. The molecule has 1 atom stereocenters. The third-order valence-corrected chi connectivity index (χ3v) is 5.69. The first-order valence-corrected chi connectivity index (χ1v) is 9.37. The molecule has 0 radical (unpaired) electrons. The largest absolute Gasteiger partial charge is 0.370 e. The summed E-state index contributed by atoms with van der Waals surface area (Å²) in [5, 5.41) is 2.36. The van der Waals surface area contributed by atoms with Gasteiger partial charge in [-0.05, 0) is 24.6 Å². The summed E-state index contributed by atoms with van der Waals surface area (Å²) in [5.41, 5.74) is 3.27. The molecule has 1 aliphatic heterocycles. The molecule has 0 bridgehead atoms. The minimum Gasteiger partial charge on any atom is -0.370 e. The number of benzene rings is 1. The van der Waals surface area contributed by atoms with Gasteiger partial charge in [0.25, 0.3) is 5.91 Å². The summed E-state index contributed by atoms with van der Waals surface area (Å²) in [6.07, 6.45) is -0.366. The number of urea groups is 1. The highest BCUT2D eigenvalue weighted by molar-refractivity contribution is 7.91. The highest BCUT2D eigenvalue weighted by atomic mass is 32.2. The lowest BCUT2D eigenvalue weighted by Gasteiger charge is -2.22. The molecule has 1 fully saturated rings. The normalized spacial score (nSPS) is 20.3. The van der Waals surface area contributed by atoms with Crippen LogP contribution in [-0.2, 0) is 25.0 Å². The van der Waals surface area contributed by atoms with Gasteiger partial charge in [0.2, 0.25) is 5.91 Å². The Kier molecular flexibility index (Phi) is 5.31. The lowest BCUT2D eigenvalue weighted by molar-refractivity contribution is -0.130. The van der Waals surface area contributed by atoms with Crippen LogP contribution in [0.4, 0.5) is 13.6 Å². The zero-order chi connectivity index (χ0) is 19.7. The second-order valence-corrected chi connectivity index (χ2v) is 8.31. The van der Waals surface area contributed by atoms with Crippen molar-refractivity contribution < 1.29 is 31.6 Å². The topological polar surface area (TPSA) is 127 Å². The van der Waals surface area contributed by atoms with E-state index in [1.165, 1.54) is 6.92 Å². The number of primary amides is 1. The van der Waals surface area contributed by atoms with Crippen LogP contribution in [0.1, 0.15) is 18.9 Å². The van der Waals surface area contributed by atoms with Gasteiger partial charge in [-0.3, -0.25) is 14.5 Å². The molecule has 0 aromatic heterocycles. The van der Waals surface area contributed by atoms with Crippen molar-refractivity contribution in [2.45, 2.75) is 18.9 Å². The molecule has 0 saturated carbocycles. The Morgan fingerprint density at radius 2 is 1.88 bits per heavy atom. The first-order chi connectivity index (χ1) is 12.0. The fourth-order valence-corrected chi connectivity index (χ4v) is 3.67. The summed E-state index contributed by atoms with van der Waals surface area (Å²) >= 11 is 0. The third-order valence-electron chi connectivity index (χ3n) is 4.06. The molecule has 3 N–H and O–H groups in total. The van der Waals surface area contributed by atoms with E-state index in [9.17, 15) is 31.6 Å². The van der Waals surface area contributed by atoms with E-state index >= 15 is 0 Å². The van der Waals surface area contributed by atoms with Gasteiger partial charge in [-0.1, -0.05) is 6.07 Å². The summed E-state index contributed by atoms with van der Waals surface area (Å²) in [5.74, 6) is -4.91. The zero-order valence-electron chi connectivity index (χ0n) is 13.8. The van der Waals surface area contributed by atoms with Crippen LogP contribution in [0.15, 0.2) is 18.2 Å². The van der Waals surface area contributed by atoms with Gasteiger partial charge < -0.3 is 11.1 Å². The number of amides is 4. The minimum atomic E-state index is -3.71. The summed E-state index contributed by atoms with van der Waals surface area (Å²) in [6, 6.07) is 1.92. The smallest absolute Gasteiger partial charge is 0.325 e. The lowest BCUT2D eigenvalue weighted by atomic mass is 9.92. The van der Waals surface area contributed by atoms with Crippen molar-refractivity contribution in [1.82, 2.24) is 10.2 Å². The van der Waals surface area contributed by atoms with Crippen LogP contribution in [-0.4, -0.2) is 49.2 Å². The summed E-state index contributed by atoms with van der Waals surface area (Å²) in [4.78, 5) is 36.0. The van der Waals surface area contributed by atoms with Crippen LogP contribution < -0.4 is 11.1 Å². The monoisotopic (exact) mass is 389 g/mol. The molecule has 26 heavy (non-hydrogen) atoms. The van der Waals surface area contributed by atoms with Gasteiger partial charge in [0.05, 0.1) is 11.5 Å². The van der Waals surface area contributed by atoms with Gasteiger partial charge >= 0.3 is 6.03 Å². The molecule has 1 aliphatic rings. The summed E-state index contributed by atoms with van der Waals surface area (Å²) in [6.45, 7) is 0.868. The average Bonchev–Trinajstić information content (AvgIpc) is 2.77. The number of nitrogens with two attached hydrogens (primary N) is 1. The SMILES string of the molecule is C[C@@]1(c2ccc(F)c(F)c2)NC(=O)N(CCS(=O)(=O)CCC(N)=O)C1=O. The van der Waals surface area contributed by atoms with Crippen LogP contribution in [0.3, 0.4) is 0 Å². The van der Waals surface area contributed by atoms with Crippen molar-refractivity contribution in [2.75, 3.05) is 18.1 Å². The molecule has 1 aromatic rings. The maximum Gasteiger partial charge on any atom is 0.325 e. The predicted octanol–water partition coefficient (Wildman–Crippen LogP) is 0.0220. The Hall–Kier alpha value is -2.56. The van der Waals surface area contributed by atoms with Gasteiger partial charge in [-0.15, -0.1) is 0 Å². The highest BCUT2D eigenvalue weighted by Gasteiger charge is 2.49. The summed E-state index contributed by atoms with van der Waals surface area (Å²) < 4.78 is 50.2. The quantitative estimate of drug-likeness (QED) is 0.636. The molecule has 0 unspecified atom stereocenters. The lowest BCUT2D eigenvalue weighted by Crippen LogP contribution is -2.41. The molecule has 11 heteroatoms. The van der Waals surface area contributed by atoms with Gasteiger partial charge in [-0.2, -0.15) is 0 Å². The molecule has 1 aromatic carbocycles. The standard InChI is InChI=1S/C15H17F2N3O5S/c1-15(9-2-3-10(16)11(17)8-9)13(22)20(14(23)19-15)5-7-26(24,25)6-4-12(18)21/h2-3,8H,4-7H2,1H3,(H2,18,21)(H,19,23)/t15-/m0/s1. The average molecular weight is 389 g/mol. The van der Waals surface area contributed by atoms with E-state index in [0.717, 1.165) is 18.2 Å². The fourth-order valence-electron chi connectivity index (χ4n) is 2.49. The molecular formula is C15H17F2N3O5S. The number of hydrogen-bond donors (Lipinski definition) is 2. The minimum absolute atomic E-state index is 0.0221. The number of rotatable bonds is 7. The fraction of sp³-hybridized carbons (Fsp3) is 0.400. The second-order valence-electron chi connectivity index (χ2n) is 6.01. The van der Waals surface area contributed by atoms with E-state index in [-0.39, 0.29) is 12.0 Å². The van der Waals surface area contributed by atoms with E-state index in [4.69, 9.17) is 5.73 Å². The van der Waals surface area contributed by atoms with E-state index in [0.29, 0.717) is 4.90 Å². The Morgan fingerprint density at radius 1 is 1.23 bits per heavy atom. The zero-order valence-corrected chi connectivity index (χ0v) is 14.6. The van der Waals surface area contributed by atoms with Crippen molar-refractivity contribution >= 4 is 27.7 Å². The van der Waals surface area contributed by atoms with Crippen molar-refractivity contribution in [3.8, 4) is 0 Å². The molecule has 1 heterocycles. The molecule has 8 nitrogen and oxygen atoms in total. The van der Waals surface area contributed by atoms with Crippen LogP contribution in [0.5, 0.6) is 0 Å². The van der Waals surface area contributed by atoms with Gasteiger partial charge in [-0.25, -0.2) is 22.0 Å². The first-order valence-electron chi connectivity index (χ1n) is 7.54. The van der Waals surface area contributed by atoms with Crippen LogP contribution in [0, 0.1) is 11.6 Å².